The van der Waals surface area contributed by atoms with Gasteiger partial charge in [0.1, 0.15) is 12.3 Å². The molecule has 134 valence electrons. The Bertz CT molecular complexity index is 676. The Labute approximate surface area is 148 Å². The van der Waals surface area contributed by atoms with Gasteiger partial charge < -0.3 is 19.5 Å². The second-order valence-corrected chi connectivity index (χ2v) is 5.72. The number of nitrogens with one attached hydrogen (secondary N) is 1. The van der Waals surface area contributed by atoms with E-state index in [1.807, 2.05) is 24.3 Å². The van der Waals surface area contributed by atoms with Gasteiger partial charge in [-0.05, 0) is 50.2 Å². The van der Waals surface area contributed by atoms with Gasteiger partial charge in [0.05, 0.1) is 12.8 Å². The molecule has 2 rings (SSSR count). The van der Waals surface area contributed by atoms with Crippen molar-refractivity contribution in [3.05, 3.63) is 48.4 Å². The fourth-order valence-corrected chi connectivity index (χ4v) is 2.59. The van der Waals surface area contributed by atoms with Crippen molar-refractivity contribution < 1.29 is 14.0 Å². The lowest BCUT2D eigenvalue weighted by Gasteiger charge is -2.21. The van der Waals surface area contributed by atoms with Gasteiger partial charge in [-0.25, -0.2) is 0 Å². The molecule has 0 aliphatic rings. The van der Waals surface area contributed by atoms with E-state index in [0.29, 0.717) is 11.4 Å². The van der Waals surface area contributed by atoms with Gasteiger partial charge in [-0.15, -0.1) is 0 Å². The van der Waals surface area contributed by atoms with Crippen molar-refractivity contribution in [1.82, 2.24) is 4.90 Å². The second-order valence-electron chi connectivity index (χ2n) is 5.72. The molecule has 0 fully saturated rings. The van der Waals surface area contributed by atoms with Gasteiger partial charge >= 0.3 is 0 Å². The summed E-state index contributed by atoms with van der Waals surface area (Å²) in [5, 5.41) is 2.83. The molecule has 6 nitrogen and oxygen atoms in total. The zero-order chi connectivity index (χ0) is 18.2. The van der Waals surface area contributed by atoms with Gasteiger partial charge in [0.2, 0.25) is 11.8 Å². The number of amides is 2. The van der Waals surface area contributed by atoms with Crippen LogP contribution in [0.25, 0.3) is 0 Å². The average Bonchev–Trinajstić information content (AvgIpc) is 3.10. The van der Waals surface area contributed by atoms with Crippen molar-refractivity contribution in [2.24, 2.45) is 0 Å². The van der Waals surface area contributed by atoms with Gasteiger partial charge in [-0.3, -0.25) is 9.59 Å². The molecule has 0 atom stereocenters. The SMILES string of the molecule is CCN(CC)c1ccc(NC(=O)CN(Cc2ccco2)C(C)=O)cc1. The molecule has 0 aliphatic heterocycles. The summed E-state index contributed by atoms with van der Waals surface area (Å²) in [6.07, 6.45) is 1.55. The van der Waals surface area contributed by atoms with Crippen LogP contribution < -0.4 is 10.2 Å². The molecule has 0 radical (unpaired) electrons. The first-order valence-corrected chi connectivity index (χ1v) is 8.46. The average molecular weight is 343 g/mol. The van der Waals surface area contributed by atoms with Crippen LogP contribution in [0, 0.1) is 0 Å². The number of anilines is 2. The largest absolute Gasteiger partial charge is 0.467 e. The molecule has 1 heterocycles. The Kier molecular flexibility index (Phi) is 6.62. The number of furan rings is 1. The summed E-state index contributed by atoms with van der Waals surface area (Å²) in [7, 11) is 0. The van der Waals surface area contributed by atoms with Crippen molar-refractivity contribution >= 4 is 23.2 Å². The molecular weight excluding hydrogens is 318 g/mol. The van der Waals surface area contributed by atoms with Crippen molar-refractivity contribution in [3.8, 4) is 0 Å². The summed E-state index contributed by atoms with van der Waals surface area (Å²) in [5.74, 6) is 0.229. The molecule has 1 aromatic carbocycles. The highest BCUT2D eigenvalue weighted by atomic mass is 16.3. The molecule has 0 aliphatic carbocycles. The first-order valence-electron chi connectivity index (χ1n) is 8.46. The fourth-order valence-electron chi connectivity index (χ4n) is 2.59. The van der Waals surface area contributed by atoms with Crippen LogP contribution >= 0.6 is 0 Å². The lowest BCUT2D eigenvalue weighted by Crippen LogP contribution is -2.36. The molecular formula is C19H25N3O3. The van der Waals surface area contributed by atoms with Crippen molar-refractivity contribution in [1.29, 1.82) is 0 Å². The zero-order valence-corrected chi connectivity index (χ0v) is 15.0. The first-order chi connectivity index (χ1) is 12.0. The maximum Gasteiger partial charge on any atom is 0.244 e. The minimum absolute atomic E-state index is 0.0200. The number of rotatable bonds is 8. The molecule has 25 heavy (non-hydrogen) atoms. The van der Waals surface area contributed by atoms with Crippen LogP contribution in [0.2, 0.25) is 0 Å². The molecule has 1 N–H and O–H groups in total. The lowest BCUT2D eigenvalue weighted by molar-refractivity contribution is -0.133. The van der Waals surface area contributed by atoms with Crippen LogP contribution in [-0.4, -0.2) is 36.3 Å². The Hall–Kier alpha value is -2.76. The fraction of sp³-hybridized carbons (Fsp3) is 0.368. The van der Waals surface area contributed by atoms with Gasteiger partial charge in [-0.2, -0.15) is 0 Å². The van der Waals surface area contributed by atoms with Crippen LogP contribution in [0.4, 0.5) is 11.4 Å². The van der Waals surface area contributed by atoms with Crippen LogP contribution in [-0.2, 0) is 16.1 Å². The third kappa shape index (κ3) is 5.38. The molecule has 0 unspecified atom stereocenters. The Morgan fingerprint density at radius 2 is 1.76 bits per heavy atom. The van der Waals surface area contributed by atoms with Gasteiger partial charge in [0.25, 0.3) is 0 Å². The number of nitrogens with zero attached hydrogens (tertiary/aromatic N) is 2. The van der Waals surface area contributed by atoms with Crippen molar-refractivity contribution in [2.75, 3.05) is 29.9 Å². The smallest absolute Gasteiger partial charge is 0.244 e. The Morgan fingerprint density at radius 1 is 1.08 bits per heavy atom. The minimum atomic E-state index is -0.239. The van der Waals surface area contributed by atoms with E-state index in [0.717, 1.165) is 18.8 Å². The summed E-state index contributed by atoms with van der Waals surface area (Å²) in [6.45, 7) is 7.77. The molecule has 2 aromatic rings. The Morgan fingerprint density at radius 3 is 2.28 bits per heavy atom. The van der Waals surface area contributed by atoms with Crippen LogP contribution in [0.15, 0.2) is 47.1 Å². The number of benzene rings is 1. The molecule has 0 spiro atoms. The standard InChI is InChI=1S/C19H25N3O3/c1-4-21(5-2)17-10-8-16(9-11-17)20-19(24)14-22(15(3)23)13-18-7-6-12-25-18/h6-12H,4-5,13-14H2,1-3H3,(H,20,24). The normalized spacial score (nSPS) is 10.4. The minimum Gasteiger partial charge on any atom is -0.467 e. The lowest BCUT2D eigenvalue weighted by atomic mass is 10.2. The molecule has 0 bridgehead atoms. The van der Waals surface area contributed by atoms with Crippen LogP contribution in [0.1, 0.15) is 26.5 Å². The van der Waals surface area contributed by atoms with E-state index >= 15 is 0 Å². The van der Waals surface area contributed by atoms with Crippen molar-refractivity contribution in [3.63, 3.8) is 0 Å². The summed E-state index contributed by atoms with van der Waals surface area (Å²) in [5.41, 5.74) is 1.83. The summed E-state index contributed by atoms with van der Waals surface area (Å²) in [6, 6.07) is 11.2. The second kappa shape index (κ2) is 8.92. The number of carbonyl (C=O) groups excluding carboxylic acids is 2. The number of hydrogen-bond acceptors (Lipinski definition) is 4. The van der Waals surface area contributed by atoms with Gasteiger partial charge in [0, 0.05) is 31.4 Å². The highest BCUT2D eigenvalue weighted by molar-refractivity contribution is 5.94. The van der Waals surface area contributed by atoms with Gasteiger partial charge in [-0.1, -0.05) is 0 Å². The topological polar surface area (TPSA) is 65.8 Å². The van der Waals surface area contributed by atoms with Crippen LogP contribution in [0.5, 0.6) is 0 Å². The summed E-state index contributed by atoms with van der Waals surface area (Å²) < 4.78 is 5.24. The molecule has 2 amide bonds. The predicted molar refractivity (Wildman–Crippen MR) is 98.4 cm³/mol. The number of hydrogen-bond donors (Lipinski definition) is 1. The van der Waals surface area contributed by atoms with E-state index in [1.54, 1.807) is 18.4 Å². The number of carbonyl (C=O) groups is 2. The van der Waals surface area contributed by atoms with Crippen molar-refractivity contribution in [2.45, 2.75) is 27.3 Å². The van der Waals surface area contributed by atoms with E-state index in [-0.39, 0.29) is 24.9 Å². The van der Waals surface area contributed by atoms with E-state index in [9.17, 15) is 9.59 Å². The maximum absolute atomic E-state index is 12.2. The van der Waals surface area contributed by atoms with E-state index < -0.39 is 0 Å². The Balaban J connectivity index is 1.94. The predicted octanol–water partition coefficient (Wildman–Crippen LogP) is 3.11. The quantitative estimate of drug-likeness (QED) is 0.800. The molecule has 6 heteroatoms. The third-order valence-corrected chi connectivity index (χ3v) is 3.99. The monoisotopic (exact) mass is 343 g/mol. The summed E-state index contributed by atoms with van der Waals surface area (Å²) in [4.78, 5) is 27.7. The van der Waals surface area contributed by atoms with Gasteiger partial charge in [0.15, 0.2) is 0 Å². The highest BCUT2D eigenvalue weighted by Crippen LogP contribution is 2.17. The third-order valence-electron chi connectivity index (χ3n) is 3.99. The molecule has 1 aromatic heterocycles. The van der Waals surface area contributed by atoms with E-state index in [1.165, 1.54) is 11.8 Å². The highest BCUT2D eigenvalue weighted by Gasteiger charge is 2.15. The summed E-state index contributed by atoms with van der Waals surface area (Å²) >= 11 is 0. The first kappa shape index (κ1) is 18.6. The van der Waals surface area contributed by atoms with E-state index in [4.69, 9.17) is 4.42 Å². The zero-order valence-electron chi connectivity index (χ0n) is 15.0. The molecule has 0 saturated carbocycles. The molecule has 0 saturated heterocycles. The maximum atomic E-state index is 12.2. The van der Waals surface area contributed by atoms with Crippen LogP contribution in [0.3, 0.4) is 0 Å². The van der Waals surface area contributed by atoms with E-state index in [2.05, 4.69) is 24.1 Å².